The predicted octanol–water partition coefficient (Wildman–Crippen LogP) is -0.860. The minimum Gasteiger partial charge on any atom is -0.480 e. The maximum Gasteiger partial charge on any atom is 0.327 e. The van der Waals surface area contributed by atoms with E-state index in [-0.39, 0.29) is 17.2 Å². The number of aliphatic hydroxyl groups is 1. The van der Waals surface area contributed by atoms with Crippen molar-refractivity contribution in [2.45, 2.75) is 36.8 Å². The number of nitrogens with two attached hydrogens (primary N) is 1. The number of aliphatic imine (C=N–C) groups is 1. The van der Waals surface area contributed by atoms with Gasteiger partial charge < -0.3 is 20.8 Å². The third-order valence-corrected chi connectivity index (χ3v) is 5.16. The van der Waals surface area contributed by atoms with Crippen LogP contribution in [0.25, 0.3) is 0 Å². The van der Waals surface area contributed by atoms with Crippen LogP contribution in [-0.2, 0) is 9.59 Å². The van der Waals surface area contributed by atoms with Crippen LogP contribution in [0.3, 0.4) is 0 Å². The van der Waals surface area contributed by atoms with Crippen molar-refractivity contribution in [3.63, 3.8) is 0 Å². The minimum absolute atomic E-state index is 0.154. The number of carbonyl (C=O) groups excluding carboxylic acids is 1. The second-order valence-electron chi connectivity index (χ2n) is 5.06. The Kier molecular flexibility index (Phi) is 4.54. The Balaban J connectivity index is 2.03. The third-order valence-electron chi connectivity index (χ3n) is 3.87. The van der Waals surface area contributed by atoms with Crippen LogP contribution in [0.15, 0.2) is 4.99 Å². The average Bonchev–Trinajstić information content (AvgIpc) is 2.69. The Hall–Kier alpha value is -1.28. The van der Waals surface area contributed by atoms with Gasteiger partial charge in [-0.15, -0.1) is 0 Å². The zero-order valence-electron chi connectivity index (χ0n) is 11.2. The van der Waals surface area contributed by atoms with Crippen molar-refractivity contribution in [1.29, 1.82) is 0 Å². The predicted molar refractivity (Wildman–Crippen MR) is 75.6 cm³/mol. The first kappa shape index (κ1) is 15.1. The highest BCUT2D eigenvalue weighted by atomic mass is 32.2. The first-order valence-corrected chi connectivity index (χ1v) is 7.58. The van der Waals surface area contributed by atoms with Gasteiger partial charge in [-0.2, -0.15) is 11.8 Å². The van der Waals surface area contributed by atoms with E-state index in [1.807, 2.05) is 0 Å². The molecule has 0 aromatic carbocycles. The summed E-state index contributed by atoms with van der Waals surface area (Å²) >= 11 is 1.50. The normalized spacial score (nSPS) is 34.1. The molecule has 0 aliphatic carbocycles. The number of fused-ring (bicyclic) bond motifs is 1. The molecule has 112 valence electrons. The number of carbonyl (C=O) groups is 2. The van der Waals surface area contributed by atoms with Crippen molar-refractivity contribution >= 4 is 30.0 Å². The van der Waals surface area contributed by atoms with Crippen LogP contribution in [0.4, 0.5) is 0 Å². The van der Waals surface area contributed by atoms with Gasteiger partial charge >= 0.3 is 5.97 Å². The van der Waals surface area contributed by atoms with Gasteiger partial charge in [-0.25, -0.2) is 4.79 Å². The quantitative estimate of drug-likeness (QED) is 0.254. The summed E-state index contributed by atoms with van der Waals surface area (Å²) in [6, 6.07) is -0.950. The van der Waals surface area contributed by atoms with Gasteiger partial charge in [-0.3, -0.25) is 9.79 Å². The van der Waals surface area contributed by atoms with E-state index in [4.69, 9.17) is 5.73 Å². The van der Waals surface area contributed by atoms with Gasteiger partial charge in [0.1, 0.15) is 6.04 Å². The van der Waals surface area contributed by atoms with Gasteiger partial charge in [0.2, 0.25) is 5.91 Å². The largest absolute Gasteiger partial charge is 0.480 e. The molecule has 2 saturated heterocycles. The van der Waals surface area contributed by atoms with E-state index in [1.54, 1.807) is 6.92 Å². The molecule has 2 aliphatic rings. The molecule has 1 amide bonds. The van der Waals surface area contributed by atoms with Gasteiger partial charge in [-0.1, -0.05) is 0 Å². The van der Waals surface area contributed by atoms with Crippen LogP contribution in [0.5, 0.6) is 0 Å². The van der Waals surface area contributed by atoms with Crippen LogP contribution < -0.4 is 5.73 Å². The van der Waals surface area contributed by atoms with Crippen molar-refractivity contribution in [3.8, 4) is 0 Å². The summed E-state index contributed by atoms with van der Waals surface area (Å²) in [5.74, 6) is -1.02. The van der Waals surface area contributed by atoms with Gasteiger partial charge in [0.15, 0.2) is 0 Å². The molecule has 0 spiro atoms. The number of aliphatic carboxylic acids is 1. The monoisotopic (exact) mass is 301 g/mol. The minimum atomic E-state index is -0.982. The number of rotatable bonds is 6. The van der Waals surface area contributed by atoms with E-state index in [0.29, 0.717) is 18.7 Å². The van der Waals surface area contributed by atoms with Crippen LogP contribution in [-0.4, -0.2) is 69.1 Å². The summed E-state index contributed by atoms with van der Waals surface area (Å²) in [7, 11) is 0. The van der Waals surface area contributed by atoms with Crippen molar-refractivity contribution < 1.29 is 19.8 Å². The molecule has 2 rings (SSSR count). The van der Waals surface area contributed by atoms with Crippen molar-refractivity contribution in [3.05, 3.63) is 0 Å². The van der Waals surface area contributed by atoms with Crippen LogP contribution in [0.2, 0.25) is 0 Å². The number of nitrogens with zero attached hydrogens (tertiary/aromatic N) is 2. The number of β-lactam (4-membered cyclic amide) rings is 1. The SMILES string of the molecule is C[C@@H](O)[C@H]1C(=O)N2C(C(=O)O)C(SCCN=CN)C[C@H]12. The zero-order chi connectivity index (χ0) is 14.9. The van der Waals surface area contributed by atoms with E-state index >= 15 is 0 Å². The van der Waals surface area contributed by atoms with Crippen molar-refractivity contribution in [2.24, 2.45) is 16.6 Å². The van der Waals surface area contributed by atoms with Gasteiger partial charge in [0.25, 0.3) is 0 Å². The lowest BCUT2D eigenvalue weighted by molar-refractivity contribution is -0.169. The Morgan fingerprint density at radius 2 is 2.40 bits per heavy atom. The molecular formula is C12H19N3O4S. The molecule has 0 aromatic rings. The molecule has 8 heteroatoms. The van der Waals surface area contributed by atoms with E-state index < -0.39 is 24.0 Å². The first-order chi connectivity index (χ1) is 9.49. The molecule has 7 nitrogen and oxygen atoms in total. The molecule has 0 aromatic heterocycles. The number of hydrogen-bond acceptors (Lipinski definition) is 5. The fourth-order valence-corrected chi connectivity index (χ4v) is 4.31. The maximum absolute atomic E-state index is 12.0. The second kappa shape index (κ2) is 6.01. The van der Waals surface area contributed by atoms with Crippen LogP contribution in [0, 0.1) is 5.92 Å². The number of hydrogen-bond donors (Lipinski definition) is 3. The van der Waals surface area contributed by atoms with E-state index in [0.717, 1.165) is 0 Å². The number of thioether (sulfide) groups is 1. The molecule has 0 bridgehead atoms. The average molecular weight is 301 g/mol. The van der Waals surface area contributed by atoms with E-state index in [2.05, 4.69) is 4.99 Å². The molecule has 5 atom stereocenters. The molecule has 2 unspecified atom stereocenters. The van der Waals surface area contributed by atoms with E-state index in [9.17, 15) is 19.8 Å². The lowest BCUT2D eigenvalue weighted by Gasteiger charge is -2.45. The van der Waals surface area contributed by atoms with E-state index in [1.165, 1.54) is 23.0 Å². The highest BCUT2D eigenvalue weighted by Crippen LogP contribution is 2.45. The summed E-state index contributed by atoms with van der Waals surface area (Å²) in [6.45, 7) is 2.11. The van der Waals surface area contributed by atoms with Crippen LogP contribution >= 0.6 is 11.8 Å². The smallest absolute Gasteiger partial charge is 0.327 e. The fourth-order valence-electron chi connectivity index (χ4n) is 3.04. The molecule has 20 heavy (non-hydrogen) atoms. The summed E-state index contributed by atoms with van der Waals surface area (Å²) in [4.78, 5) is 28.7. The van der Waals surface area contributed by atoms with Crippen LogP contribution in [0.1, 0.15) is 13.3 Å². The second-order valence-corrected chi connectivity index (χ2v) is 6.41. The highest BCUT2D eigenvalue weighted by Gasteiger charge is 2.61. The lowest BCUT2D eigenvalue weighted by atomic mass is 9.84. The van der Waals surface area contributed by atoms with Gasteiger partial charge in [0, 0.05) is 23.6 Å². The molecule has 2 aliphatic heterocycles. The van der Waals surface area contributed by atoms with Gasteiger partial charge in [0.05, 0.1) is 18.4 Å². The summed E-state index contributed by atoms with van der Waals surface area (Å²) < 4.78 is 0. The van der Waals surface area contributed by atoms with Gasteiger partial charge in [-0.05, 0) is 13.3 Å². The molecule has 2 heterocycles. The molecular weight excluding hydrogens is 282 g/mol. The van der Waals surface area contributed by atoms with Crippen molar-refractivity contribution in [1.82, 2.24) is 4.90 Å². The zero-order valence-corrected chi connectivity index (χ0v) is 12.0. The maximum atomic E-state index is 12.0. The Morgan fingerprint density at radius 1 is 1.70 bits per heavy atom. The topological polar surface area (TPSA) is 116 Å². The van der Waals surface area contributed by atoms with Crippen molar-refractivity contribution in [2.75, 3.05) is 12.3 Å². The Labute approximate surface area is 121 Å². The standard InChI is InChI=1S/C12H19N3O4S/c1-6(16)9-7-4-8(20-3-2-14-5-13)10(12(18)19)15(7)11(9)17/h5-10,16H,2-4H2,1H3,(H2,13,14)(H,18,19)/t6-,7-,8?,9-,10?/m1/s1. The molecule has 4 N–H and O–H groups in total. The summed E-state index contributed by atoms with van der Waals surface area (Å²) in [5.41, 5.74) is 5.15. The first-order valence-electron chi connectivity index (χ1n) is 6.53. The number of amides is 1. The number of carboxylic acid groups (broad SMARTS) is 1. The summed E-state index contributed by atoms with van der Waals surface area (Å²) in [6.07, 6.45) is 1.10. The lowest BCUT2D eigenvalue weighted by Crippen LogP contribution is -2.64. The highest BCUT2D eigenvalue weighted by molar-refractivity contribution is 8.00. The fraction of sp³-hybridized carbons (Fsp3) is 0.750. The molecule has 0 saturated carbocycles. The molecule has 2 fully saturated rings. The summed E-state index contributed by atoms with van der Waals surface area (Å²) in [5, 5.41) is 18.8. The Bertz CT molecular complexity index is 429. The molecule has 0 radical (unpaired) electrons. The Morgan fingerprint density at radius 3 is 2.95 bits per heavy atom. The third kappa shape index (κ3) is 2.49. The number of aliphatic hydroxyl groups excluding tert-OH is 1. The number of carboxylic acids is 1.